The maximum Gasteiger partial charge on any atom is 0.352 e. The van der Waals surface area contributed by atoms with Crippen LogP contribution in [0.2, 0.25) is 0 Å². The molecule has 216 valence electrons. The third kappa shape index (κ3) is 5.83. The van der Waals surface area contributed by atoms with Crippen LogP contribution in [-0.4, -0.2) is 96.1 Å². The molecule has 6 N–H and O–H groups in total. The van der Waals surface area contributed by atoms with Gasteiger partial charge in [0, 0.05) is 48.8 Å². The van der Waals surface area contributed by atoms with Crippen LogP contribution in [0.5, 0.6) is 0 Å². The fourth-order valence-electron chi connectivity index (χ4n) is 4.44. The van der Waals surface area contributed by atoms with Gasteiger partial charge in [-0.05, 0) is 11.6 Å². The van der Waals surface area contributed by atoms with Crippen molar-refractivity contribution in [1.82, 2.24) is 25.1 Å². The number of aliphatic carboxylic acids is 1. The number of carbonyl (C=O) groups excluding carboxylic acids is 2. The molecular formula is C24H27N9O5S3. The van der Waals surface area contributed by atoms with Gasteiger partial charge in [0.1, 0.15) is 35.2 Å². The summed E-state index contributed by atoms with van der Waals surface area (Å²) in [6.45, 7) is 4.43. The lowest BCUT2D eigenvalue weighted by atomic mass is 10.0. The van der Waals surface area contributed by atoms with Crippen molar-refractivity contribution in [2.45, 2.75) is 17.8 Å². The van der Waals surface area contributed by atoms with Crippen LogP contribution < -0.4 is 16.8 Å². The Balaban J connectivity index is 1.29. The number of nitrogens with zero attached hydrogens (tertiary/aromatic N) is 6. The van der Waals surface area contributed by atoms with E-state index in [0.29, 0.717) is 24.3 Å². The number of nitrogens with two attached hydrogens (primary N) is 2. The normalized spacial score (nSPS) is 21.6. The zero-order valence-electron chi connectivity index (χ0n) is 21.6. The second-order valence-corrected chi connectivity index (χ2v) is 12.0. The Morgan fingerprint density at radius 1 is 1.39 bits per heavy atom. The molecule has 17 heteroatoms. The van der Waals surface area contributed by atoms with Gasteiger partial charge in [0.15, 0.2) is 10.8 Å². The summed E-state index contributed by atoms with van der Waals surface area (Å²) in [7, 11) is 0. The lowest BCUT2D eigenvalue weighted by molar-refractivity contribution is -0.150. The summed E-state index contributed by atoms with van der Waals surface area (Å²) < 4.78 is 0. The highest BCUT2D eigenvalue weighted by Gasteiger charge is 2.54. The molecule has 0 saturated carbocycles. The molecule has 1 fully saturated rings. The minimum atomic E-state index is -1.21. The van der Waals surface area contributed by atoms with Gasteiger partial charge in [0.05, 0.1) is 5.04 Å². The smallest absolute Gasteiger partial charge is 0.352 e. The van der Waals surface area contributed by atoms with Crippen LogP contribution in [-0.2, 0) is 19.2 Å². The van der Waals surface area contributed by atoms with Crippen LogP contribution in [0.4, 0.5) is 5.13 Å². The van der Waals surface area contributed by atoms with E-state index in [2.05, 4.69) is 27.1 Å². The molecular weight excluding hydrogens is 591 g/mol. The fraction of sp³-hybridized carbons (Fsp3) is 0.333. The van der Waals surface area contributed by atoms with Crippen LogP contribution in [0.25, 0.3) is 0 Å². The van der Waals surface area contributed by atoms with E-state index in [9.17, 15) is 19.5 Å². The van der Waals surface area contributed by atoms with Crippen molar-refractivity contribution in [3.63, 3.8) is 0 Å². The highest BCUT2D eigenvalue weighted by atomic mass is 32.2. The lowest BCUT2D eigenvalue weighted by Crippen LogP contribution is -2.71. The summed E-state index contributed by atoms with van der Waals surface area (Å²) in [5.74, 6) is -0.486. The monoisotopic (exact) mass is 617 g/mol. The lowest BCUT2D eigenvalue weighted by Gasteiger charge is -2.49. The summed E-state index contributed by atoms with van der Waals surface area (Å²) >= 11 is 4.10. The van der Waals surface area contributed by atoms with Gasteiger partial charge >= 0.3 is 5.97 Å². The molecule has 4 aliphatic heterocycles. The van der Waals surface area contributed by atoms with Crippen LogP contribution in [0.15, 0.2) is 63.9 Å². The molecule has 5 rings (SSSR count). The first-order valence-electron chi connectivity index (χ1n) is 12.4. The van der Waals surface area contributed by atoms with Crippen LogP contribution in [0.3, 0.4) is 0 Å². The molecule has 1 aromatic heterocycles. The van der Waals surface area contributed by atoms with Crippen molar-refractivity contribution in [2.75, 3.05) is 36.9 Å². The molecule has 2 atom stereocenters. The van der Waals surface area contributed by atoms with Crippen molar-refractivity contribution in [3.05, 3.63) is 59.3 Å². The molecule has 4 aliphatic rings. The number of hydrazone groups is 1. The largest absolute Gasteiger partial charge is 0.477 e. The molecule has 0 spiro atoms. The second-order valence-electron chi connectivity index (χ2n) is 8.88. The summed E-state index contributed by atoms with van der Waals surface area (Å²) in [5.41, 5.74) is 11.8. The number of hydrogen-bond donors (Lipinski definition) is 4. The molecule has 14 nitrogen and oxygen atoms in total. The maximum absolute atomic E-state index is 13.2. The third-order valence-corrected chi connectivity index (χ3v) is 9.24. The fourth-order valence-corrected chi connectivity index (χ4v) is 7.02. The quantitative estimate of drug-likeness (QED) is 0.0895. The summed E-state index contributed by atoms with van der Waals surface area (Å²) in [6.07, 6.45) is 7.78. The minimum Gasteiger partial charge on any atom is -0.477 e. The maximum atomic E-state index is 13.2. The number of allylic oxidation sites excluding steroid dienone is 1. The Morgan fingerprint density at radius 3 is 2.93 bits per heavy atom. The van der Waals surface area contributed by atoms with E-state index in [4.69, 9.17) is 16.3 Å². The number of thioether (sulfide) groups is 2. The van der Waals surface area contributed by atoms with Gasteiger partial charge in [0.2, 0.25) is 0 Å². The molecule has 1 aromatic rings. The van der Waals surface area contributed by atoms with Crippen molar-refractivity contribution in [2.24, 2.45) is 16.0 Å². The third-order valence-electron chi connectivity index (χ3n) is 6.21. The van der Waals surface area contributed by atoms with E-state index in [-0.39, 0.29) is 35.4 Å². The number of β-lactam (4-membered cyclic amide) rings is 1. The van der Waals surface area contributed by atoms with Crippen molar-refractivity contribution < 1.29 is 24.3 Å². The number of rotatable bonds is 11. The Morgan fingerprint density at radius 2 is 2.22 bits per heavy atom. The van der Waals surface area contributed by atoms with Crippen molar-refractivity contribution >= 4 is 68.5 Å². The first-order chi connectivity index (χ1) is 19.8. The predicted octanol–water partition coefficient (Wildman–Crippen LogP) is 0.710. The minimum absolute atomic E-state index is 0.0577. The van der Waals surface area contributed by atoms with E-state index < -0.39 is 29.2 Å². The molecule has 0 aliphatic carbocycles. The molecule has 0 radical (unpaired) electrons. The van der Waals surface area contributed by atoms with Crippen LogP contribution in [0.1, 0.15) is 12.1 Å². The summed E-state index contributed by atoms with van der Waals surface area (Å²) in [5, 5.41) is 25.1. The molecule has 0 unspecified atom stereocenters. The number of oxime groups is 1. The number of hydrogen-bond acceptors (Lipinski definition) is 14. The molecule has 0 aromatic carbocycles. The van der Waals surface area contributed by atoms with E-state index in [1.165, 1.54) is 22.7 Å². The Kier molecular flexibility index (Phi) is 8.67. The number of thiazole rings is 1. The van der Waals surface area contributed by atoms with Gasteiger partial charge in [0.25, 0.3) is 11.8 Å². The molecule has 1 saturated heterocycles. The number of nitrogen functional groups attached to an aromatic ring is 1. The zero-order valence-corrected chi connectivity index (χ0v) is 24.1. The van der Waals surface area contributed by atoms with E-state index >= 15 is 0 Å². The van der Waals surface area contributed by atoms with Gasteiger partial charge in [-0.1, -0.05) is 17.8 Å². The highest BCUT2D eigenvalue weighted by Crippen LogP contribution is 2.41. The Bertz CT molecular complexity index is 1420. The molecule has 2 amide bonds. The van der Waals surface area contributed by atoms with E-state index in [0.717, 1.165) is 28.0 Å². The SMILES string of the molecule is C=CCON=C(C(=O)N[C@H]1C(=O)N2C(C(=O)O)=C(CN3C=CN4N=C(SCCN)CC=C34)CS[C@@H]12)c1csc(N)n1. The second kappa shape index (κ2) is 12.4. The van der Waals surface area contributed by atoms with Crippen LogP contribution >= 0.6 is 34.9 Å². The number of amides is 2. The zero-order chi connectivity index (χ0) is 29.1. The van der Waals surface area contributed by atoms with Crippen molar-refractivity contribution in [3.8, 4) is 0 Å². The summed E-state index contributed by atoms with van der Waals surface area (Å²) in [6, 6.07) is -0.953. The molecule has 41 heavy (non-hydrogen) atoms. The average molecular weight is 618 g/mol. The summed E-state index contributed by atoms with van der Waals surface area (Å²) in [4.78, 5) is 51.0. The van der Waals surface area contributed by atoms with Crippen LogP contribution in [0, 0.1) is 0 Å². The van der Waals surface area contributed by atoms with Crippen molar-refractivity contribution in [1.29, 1.82) is 0 Å². The number of carboxylic acid groups (broad SMARTS) is 1. The first-order valence-corrected chi connectivity index (χ1v) is 15.3. The number of nitrogens with one attached hydrogen (secondary N) is 1. The number of aromatic nitrogens is 1. The van der Waals surface area contributed by atoms with Gasteiger partial charge in [-0.2, -0.15) is 5.10 Å². The van der Waals surface area contributed by atoms with Gasteiger partial charge in [-0.3, -0.25) is 14.5 Å². The average Bonchev–Trinajstić information content (AvgIpc) is 3.57. The Hall–Kier alpha value is -3.80. The first kappa shape index (κ1) is 28.7. The van der Waals surface area contributed by atoms with Gasteiger partial charge in [-0.15, -0.1) is 34.9 Å². The number of carboxylic acids is 1. The van der Waals surface area contributed by atoms with Gasteiger partial charge in [-0.25, -0.2) is 14.8 Å². The Labute approximate surface area is 247 Å². The van der Waals surface area contributed by atoms with E-state index in [1.54, 1.807) is 22.2 Å². The molecule has 5 heterocycles. The van der Waals surface area contributed by atoms with E-state index in [1.807, 2.05) is 23.4 Å². The predicted molar refractivity (Wildman–Crippen MR) is 158 cm³/mol. The standard InChI is InChI=1S/C24H27N9O5S3/c1-2-8-38-30-17(14-12-41-24(26)27-14)20(34)28-18-21(35)33-19(23(36)37)13(11-40-22(18)33)10-31-6-7-32-16(31)4-3-15(29-32)39-9-5-25/h2,4,6-7,12,18,22H,1,3,5,8-11,25H2,(H2,26,27)(H,28,34)(H,36,37)/t18-,22-/m0/s1. The number of anilines is 1. The van der Waals surface area contributed by atoms with Gasteiger partial charge < -0.3 is 31.6 Å². The topological polar surface area (TPSA) is 192 Å². The molecule has 0 bridgehead atoms. The number of fused-ring (bicyclic) bond motifs is 2. The highest BCUT2D eigenvalue weighted by molar-refractivity contribution is 8.13. The number of carbonyl (C=O) groups is 3.